The van der Waals surface area contributed by atoms with Crippen LogP contribution in [0.3, 0.4) is 0 Å². The molecule has 2 aromatic rings. The summed E-state index contributed by atoms with van der Waals surface area (Å²) < 4.78 is 0. The normalized spacial score (nSPS) is 16.3. The third kappa shape index (κ3) is 2.10. The third-order valence-electron chi connectivity index (χ3n) is 5.88. The Kier molecular flexibility index (Phi) is 3.80. The van der Waals surface area contributed by atoms with Crippen molar-refractivity contribution in [2.45, 2.75) is 47.7 Å². The van der Waals surface area contributed by atoms with Crippen LogP contribution in [0.25, 0.3) is 0 Å². The van der Waals surface area contributed by atoms with E-state index in [-0.39, 0.29) is 6.17 Å². The van der Waals surface area contributed by atoms with Crippen molar-refractivity contribution in [2.24, 2.45) is 0 Å². The van der Waals surface area contributed by atoms with Crippen molar-refractivity contribution >= 4 is 17.1 Å². The summed E-state index contributed by atoms with van der Waals surface area (Å²) in [5.41, 5.74) is 11.0. The van der Waals surface area contributed by atoms with Gasteiger partial charge in [0.2, 0.25) is 0 Å². The van der Waals surface area contributed by atoms with Crippen molar-refractivity contribution < 1.29 is 0 Å². The summed E-state index contributed by atoms with van der Waals surface area (Å²) in [5.74, 6) is 0. The summed E-state index contributed by atoms with van der Waals surface area (Å²) >= 11 is 0. The van der Waals surface area contributed by atoms with Crippen LogP contribution in [0.1, 0.15) is 40.3 Å². The number of anilines is 3. The molecule has 2 aromatic carbocycles. The zero-order chi connectivity index (χ0) is 17.8. The van der Waals surface area contributed by atoms with E-state index in [1.165, 1.54) is 39.2 Å². The van der Waals surface area contributed by atoms with Gasteiger partial charge in [-0.2, -0.15) is 5.26 Å². The fraction of sp³-hybridized carbons (Fsp3) is 0.381. The first-order valence-corrected chi connectivity index (χ1v) is 8.42. The molecule has 3 rings (SSSR count). The zero-order valence-electron chi connectivity index (χ0n) is 15.7. The molecule has 0 bridgehead atoms. The first-order chi connectivity index (χ1) is 11.3. The maximum atomic E-state index is 9.31. The van der Waals surface area contributed by atoms with Crippen LogP contribution in [-0.2, 0) is 0 Å². The van der Waals surface area contributed by atoms with E-state index in [0.717, 1.165) is 5.69 Å². The minimum Gasteiger partial charge on any atom is -0.353 e. The Labute approximate surface area is 145 Å². The Balaban J connectivity index is 2.32. The third-order valence-corrected chi connectivity index (χ3v) is 5.88. The average Bonchev–Trinajstić information content (AvgIpc) is 2.83. The highest BCUT2D eigenvalue weighted by atomic mass is 15.4. The largest absolute Gasteiger partial charge is 0.353 e. The van der Waals surface area contributed by atoms with Gasteiger partial charge in [0.1, 0.15) is 6.17 Å². The second-order valence-electron chi connectivity index (χ2n) is 6.90. The molecule has 1 heterocycles. The van der Waals surface area contributed by atoms with Crippen molar-refractivity contribution in [1.82, 2.24) is 0 Å². The minimum absolute atomic E-state index is 0.216. The number of rotatable bonds is 1. The molecule has 1 atom stereocenters. The fourth-order valence-electron chi connectivity index (χ4n) is 3.81. The van der Waals surface area contributed by atoms with Crippen molar-refractivity contribution in [3.8, 4) is 6.07 Å². The lowest BCUT2D eigenvalue weighted by Gasteiger charge is -2.32. The maximum absolute atomic E-state index is 9.31. The summed E-state index contributed by atoms with van der Waals surface area (Å²) in [7, 11) is 2.12. The van der Waals surface area contributed by atoms with Crippen LogP contribution in [0.15, 0.2) is 18.2 Å². The van der Waals surface area contributed by atoms with Crippen LogP contribution in [0.2, 0.25) is 0 Å². The van der Waals surface area contributed by atoms with Crippen LogP contribution in [0.5, 0.6) is 0 Å². The summed E-state index contributed by atoms with van der Waals surface area (Å²) in [6.07, 6.45) is 0.216. The van der Waals surface area contributed by atoms with Gasteiger partial charge in [0.15, 0.2) is 0 Å². The van der Waals surface area contributed by atoms with E-state index < -0.39 is 0 Å². The molecule has 24 heavy (non-hydrogen) atoms. The average molecular weight is 319 g/mol. The second-order valence-corrected chi connectivity index (χ2v) is 6.90. The van der Waals surface area contributed by atoms with Gasteiger partial charge < -0.3 is 9.80 Å². The monoisotopic (exact) mass is 319 g/mol. The zero-order valence-corrected chi connectivity index (χ0v) is 15.7. The number of hydrogen-bond acceptors (Lipinski definition) is 3. The molecule has 0 fully saturated rings. The number of nitrogens with zero attached hydrogens (tertiary/aromatic N) is 3. The van der Waals surface area contributed by atoms with Crippen LogP contribution in [0, 0.1) is 45.9 Å². The first-order valence-electron chi connectivity index (χ1n) is 8.42. The van der Waals surface area contributed by atoms with Gasteiger partial charge in [-0.25, -0.2) is 0 Å². The Morgan fingerprint density at radius 3 is 1.96 bits per heavy atom. The molecule has 1 aliphatic heterocycles. The van der Waals surface area contributed by atoms with Gasteiger partial charge in [-0.15, -0.1) is 0 Å². The number of fused-ring (bicyclic) bond motifs is 1. The summed E-state index contributed by atoms with van der Waals surface area (Å²) in [6, 6.07) is 8.25. The molecular weight excluding hydrogens is 294 g/mol. The van der Waals surface area contributed by atoms with Crippen LogP contribution in [0.4, 0.5) is 17.1 Å². The molecular formula is C21H25N3. The van der Waals surface area contributed by atoms with Gasteiger partial charge in [-0.1, -0.05) is 0 Å². The van der Waals surface area contributed by atoms with E-state index in [9.17, 15) is 5.26 Å². The van der Waals surface area contributed by atoms with E-state index in [4.69, 9.17) is 0 Å². The molecule has 1 unspecified atom stereocenters. The SMILES string of the molecule is Cc1c(C)c(C)c(N2c3cc(C#N)ccc3N(C)C2C)c(C)c1C. The molecule has 0 spiro atoms. The maximum Gasteiger partial charge on any atom is 0.103 e. The van der Waals surface area contributed by atoms with Crippen LogP contribution >= 0.6 is 0 Å². The Morgan fingerprint density at radius 1 is 0.875 bits per heavy atom. The van der Waals surface area contributed by atoms with E-state index in [1.807, 2.05) is 12.1 Å². The molecule has 0 saturated heterocycles. The van der Waals surface area contributed by atoms with E-state index in [0.29, 0.717) is 5.56 Å². The summed E-state index contributed by atoms with van der Waals surface area (Å²) in [4.78, 5) is 4.67. The minimum atomic E-state index is 0.216. The second kappa shape index (κ2) is 5.56. The summed E-state index contributed by atoms with van der Waals surface area (Å²) in [5, 5.41) is 9.31. The van der Waals surface area contributed by atoms with E-state index in [1.54, 1.807) is 0 Å². The number of nitriles is 1. The fourth-order valence-corrected chi connectivity index (χ4v) is 3.81. The van der Waals surface area contributed by atoms with Crippen molar-refractivity contribution in [1.29, 1.82) is 5.26 Å². The molecule has 124 valence electrons. The van der Waals surface area contributed by atoms with Gasteiger partial charge in [0.05, 0.1) is 23.0 Å². The van der Waals surface area contributed by atoms with Crippen molar-refractivity contribution in [3.63, 3.8) is 0 Å². The van der Waals surface area contributed by atoms with Gasteiger partial charge in [-0.05, 0) is 87.6 Å². The molecule has 0 amide bonds. The van der Waals surface area contributed by atoms with Crippen molar-refractivity contribution in [3.05, 3.63) is 51.6 Å². The molecule has 3 heteroatoms. The van der Waals surface area contributed by atoms with Crippen LogP contribution < -0.4 is 9.80 Å². The Bertz CT molecular complexity index is 845. The first kappa shape index (κ1) is 16.4. The van der Waals surface area contributed by atoms with E-state index >= 15 is 0 Å². The molecule has 0 saturated carbocycles. The molecule has 0 N–H and O–H groups in total. The predicted molar refractivity (Wildman–Crippen MR) is 101 cm³/mol. The number of benzene rings is 2. The lowest BCUT2D eigenvalue weighted by molar-refractivity contribution is 0.730. The quantitative estimate of drug-likeness (QED) is 0.738. The van der Waals surface area contributed by atoms with Crippen LogP contribution in [-0.4, -0.2) is 13.2 Å². The van der Waals surface area contributed by atoms with Gasteiger partial charge in [0, 0.05) is 12.7 Å². The molecule has 3 nitrogen and oxygen atoms in total. The molecule has 1 aliphatic rings. The van der Waals surface area contributed by atoms with E-state index in [2.05, 4.69) is 70.5 Å². The topological polar surface area (TPSA) is 30.3 Å². The predicted octanol–water partition coefficient (Wildman–Crippen LogP) is 5.03. The molecule has 0 radical (unpaired) electrons. The van der Waals surface area contributed by atoms with Gasteiger partial charge >= 0.3 is 0 Å². The molecule has 0 aromatic heterocycles. The molecule has 0 aliphatic carbocycles. The van der Waals surface area contributed by atoms with Gasteiger partial charge in [0.25, 0.3) is 0 Å². The standard InChI is InChI=1S/C21H25N3/c1-12-13(2)15(4)21(16(5)14(12)3)24-17(6)23(7)19-9-8-18(11-22)10-20(19)24/h8-10,17H,1-7H3. The lowest BCUT2D eigenvalue weighted by Crippen LogP contribution is -2.36. The highest BCUT2D eigenvalue weighted by molar-refractivity contribution is 5.87. The Hall–Kier alpha value is -2.47. The highest BCUT2D eigenvalue weighted by Crippen LogP contribution is 2.47. The van der Waals surface area contributed by atoms with Crippen molar-refractivity contribution in [2.75, 3.05) is 16.8 Å². The lowest BCUT2D eigenvalue weighted by atomic mass is 9.92. The summed E-state index contributed by atoms with van der Waals surface area (Å²) in [6.45, 7) is 13.3. The Morgan fingerprint density at radius 2 is 1.42 bits per heavy atom. The highest BCUT2D eigenvalue weighted by Gasteiger charge is 2.34. The van der Waals surface area contributed by atoms with Gasteiger partial charge in [-0.3, -0.25) is 0 Å². The number of hydrogen-bond donors (Lipinski definition) is 0. The smallest absolute Gasteiger partial charge is 0.103 e.